The Bertz CT molecular complexity index is 817. The van der Waals surface area contributed by atoms with Crippen LogP contribution in [0.4, 0.5) is 5.69 Å². The zero-order chi connectivity index (χ0) is 16.6. The summed E-state index contributed by atoms with van der Waals surface area (Å²) in [5, 5.41) is 8.98. The van der Waals surface area contributed by atoms with Crippen LogP contribution in [0.2, 0.25) is 5.02 Å². The second kappa shape index (κ2) is 5.83. The van der Waals surface area contributed by atoms with E-state index in [0.29, 0.717) is 16.3 Å². The van der Waals surface area contributed by atoms with E-state index in [1.165, 1.54) is 23.1 Å². The number of anilines is 1. The first-order valence-electron chi connectivity index (χ1n) is 6.70. The van der Waals surface area contributed by atoms with Gasteiger partial charge in [-0.3, -0.25) is 19.6 Å². The molecular formula is C16H11ClN2O4. The monoisotopic (exact) mass is 330 g/mol. The van der Waals surface area contributed by atoms with Gasteiger partial charge < -0.3 is 4.90 Å². The van der Waals surface area contributed by atoms with Crippen LogP contribution < -0.4 is 10.4 Å². The van der Waals surface area contributed by atoms with Crippen molar-refractivity contribution in [1.82, 2.24) is 5.48 Å². The molecule has 2 aromatic carbocycles. The minimum atomic E-state index is -0.621. The first-order chi connectivity index (χ1) is 11.0. The molecule has 1 aliphatic heterocycles. The van der Waals surface area contributed by atoms with Crippen molar-refractivity contribution in [3.63, 3.8) is 0 Å². The van der Waals surface area contributed by atoms with Crippen molar-refractivity contribution in [2.45, 2.75) is 6.54 Å². The molecule has 0 saturated carbocycles. The van der Waals surface area contributed by atoms with Crippen LogP contribution >= 0.6 is 11.6 Å². The fraction of sp³-hybridized carbons (Fsp3) is 0.0625. The molecule has 0 spiro atoms. The highest BCUT2D eigenvalue weighted by atomic mass is 35.5. The molecule has 0 unspecified atom stereocenters. The minimum absolute atomic E-state index is 0.195. The molecule has 0 bridgehead atoms. The van der Waals surface area contributed by atoms with Gasteiger partial charge in [-0.05, 0) is 35.9 Å². The third-order valence-corrected chi connectivity index (χ3v) is 3.83. The molecule has 116 valence electrons. The van der Waals surface area contributed by atoms with Gasteiger partial charge in [-0.2, -0.15) is 0 Å². The molecule has 2 N–H and O–H groups in total. The molecular weight excluding hydrogens is 320 g/mol. The van der Waals surface area contributed by atoms with E-state index in [1.807, 2.05) is 0 Å². The Balaban J connectivity index is 1.88. The molecule has 3 rings (SSSR count). The largest absolute Gasteiger partial charge is 0.300 e. The summed E-state index contributed by atoms with van der Waals surface area (Å²) in [6.45, 7) is 0.195. The Hall–Kier alpha value is -2.70. The number of Topliss-reactive ketones (excluding diaryl/α,β-unsaturated/α-hetero) is 1. The number of ketones is 1. The second-order valence-electron chi connectivity index (χ2n) is 5.02. The molecule has 2 amide bonds. The Morgan fingerprint density at radius 2 is 1.83 bits per heavy atom. The number of carbonyl (C=O) groups excluding carboxylic acids is 3. The average Bonchev–Trinajstić information content (AvgIpc) is 2.79. The molecule has 0 aliphatic carbocycles. The highest BCUT2D eigenvalue weighted by Crippen LogP contribution is 2.32. The molecule has 1 heterocycles. The zero-order valence-corrected chi connectivity index (χ0v) is 12.5. The molecule has 0 radical (unpaired) electrons. The summed E-state index contributed by atoms with van der Waals surface area (Å²) >= 11 is 5.86. The van der Waals surface area contributed by atoms with Gasteiger partial charge in [0.1, 0.15) is 0 Å². The topological polar surface area (TPSA) is 86.7 Å². The lowest BCUT2D eigenvalue weighted by atomic mass is 10.1. The first-order valence-corrected chi connectivity index (χ1v) is 7.08. The lowest BCUT2D eigenvalue weighted by Gasteiger charge is -2.16. The number of halogens is 1. The predicted molar refractivity (Wildman–Crippen MR) is 82.7 cm³/mol. The van der Waals surface area contributed by atoms with Crippen LogP contribution in [0.5, 0.6) is 0 Å². The summed E-state index contributed by atoms with van der Waals surface area (Å²) in [6.07, 6.45) is 0. The summed E-state index contributed by atoms with van der Waals surface area (Å²) in [6, 6.07) is 11.1. The number of nitrogens with zero attached hydrogens (tertiary/aromatic N) is 1. The molecule has 23 heavy (non-hydrogen) atoms. The summed E-state index contributed by atoms with van der Waals surface area (Å²) in [5.41, 5.74) is 3.37. The van der Waals surface area contributed by atoms with E-state index >= 15 is 0 Å². The number of nitrogens with one attached hydrogen (secondary N) is 1. The normalized spacial score (nSPS) is 13.2. The molecule has 0 fully saturated rings. The average molecular weight is 331 g/mol. The van der Waals surface area contributed by atoms with Crippen molar-refractivity contribution in [2.24, 2.45) is 0 Å². The van der Waals surface area contributed by atoms with Gasteiger partial charge in [-0.1, -0.05) is 23.7 Å². The van der Waals surface area contributed by atoms with Crippen molar-refractivity contribution in [1.29, 1.82) is 0 Å². The van der Waals surface area contributed by atoms with Gasteiger partial charge in [0, 0.05) is 10.6 Å². The SMILES string of the molecule is O=C(NO)c1ccc(CN2C(=O)C(=O)c3cc(Cl)ccc32)cc1. The quantitative estimate of drug-likeness (QED) is 0.513. The van der Waals surface area contributed by atoms with Gasteiger partial charge in [-0.25, -0.2) is 5.48 Å². The number of rotatable bonds is 3. The number of hydroxylamine groups is 1. The maximum absolute atomic E-state index is 12.1. The summed E-state index contributed by atoms with van der Waals surface area (Å²) in [7, 11) is 0. The maximum atomic E-state index is 12.1. The number of amides is 2. The third kappa shape index (κ3) is 2.69. The maximum Gasteiger partial charge on any atom is 0.299 e. The van der Waals surface area contributed by atoms with E-state index in [4.69, 9.17) is 16.8 Å². The fourth-order valence-corrected chi connectivity index (χ4v) is 2.61. The van der Waals surface area contributed by atoms with Crippen LogP contribution in [0.15, 0.2) is 42.5 Å². The van der Waals surface area contributed by atoms with Crippen LogP contribution in [-0.2, 0) is 11.3 Å². The molecule has 0 atom stereocenters. The van der Waals surface area contributed by atoms with Crippen LogP contribution in [0.1, 0.15) is 26.3 Å². The van der Waals surface area contributed by atoms with E-state index in [9.17, 15) is 14.4 Å². The lowest BCUT2D eigenvalue weighted by Crippen LogP contribution is -2.29. The molecule has 2 aromatic rings. The Morgan fingerprint density at radius 3 is 2.48 bits per heavy atom. The Labute approximate surface area is 136 Å². The fourth-order valence-electron chi connectivity index (χ4n) is 2.44. The van der Waals surface area contributed by atoms with Crippen molar-refractivity contribution in [3.05, 3.63) is 64.2 Å². The molecule has 6 nitrogen and oxygen atoms in total. The molecule has 0 saturated heterocycles. The Morgan fingerprint density at radius 1 is 1.13 bits per heavy atom. The van der Waals surface area contributed by atoms with E-state index in [-0.39, 0.29) is 12.1 Å². The van der Waals surface area contributed by atoms with E-state index in [0.717, 1.165) is 5.56 Å². The van der Waals surface area contributed by atoms with Crippen LogP contribution in [0, 0.1) is 0 Å². The van der Waals surface area contributed by atoms with E-state index < -0.39 is 17.6 Å². The summed E-state index contributed by atoms with van der Waals surface area (Å²) < 4.78 is 0. The van der Waals surface area contributed by atoms with Gasteiger partial charge in [0.15, 0.2) is 0 Å². The third-order valence-electron chi connectivity index (χ3n) is 3.59. The van der Waals surface area contributed by atoms with Crippen LogP contribution in [0.25, 0.3) is 0 Å². The van der Waals surface area contributed by atoms with Gasteiger partial charge >= 0.3 is 0 Å². The highest BCUT2D eigenvalue weighted by Gasteiger charge is 2.35. The minimum Gasteiger partial charge on any atom is -0.300 e. The molecule has 7 heteroatoms. The van der Waals surface area contributed by atoms with E-state index in [1.54, 1.807) is 29.7 Å². The second-order valence-corrected chi connectivity index (χ2v) is 5.46. The highest BCUT2D eigenvalue weighted by molar-refractivity contribution is 6.52. The predicted octanol–water partition coefficient (Wildman–Crippen LogP) is 2.19. The van der Waals surface area contributed by atoms with Gasteiger partial charge in [0.2, 0.25) is 0 Å². The number of benzene rings is 2. The van der Waals surface area contributed by atoms with Crippen molar-refractivity contribution in [3.8, 4) is 0 Å². The van der Waals surface area contributed by atoms with Gasteiger partial charge in [0.05, 0.1) is 17.8 Å². The first kappa shape index (κ1) is 15.2. The number of hydrogen-bond acceptors (Lipinski definition) is 4. The van der Waals surface area contributed by atoms with Crippen molar-refractivity contribution in [2.75, 3.05) is 4.90 Å². The standard InChI is InChI=1S/C16H11ClN2O4/c17-11-5-6-13-12(7-11)14(20)16(22)19(13)8-9-1-3-10(4-2-9)15(21)18-23/h1-7,23H,8H2,(H,18,21). The van der Waals surface area contributed by atoms with E-state index in [2.05, 4.69) is 0 Å². The molecule has 0 aromatic heterocycles. The lowest BCUT2D eigenvalue weighted by molar-refractivity contribution is -0.114. The Kier molecular flexibility index (Phi) is 3.85. The van der Waals surface area contributed by atoms with Crippen LogP contribution in [-0.4, -0.2) is 22.8 Å². The van der Waals surface area contributed by atoms with Crippen molar-refractivity contribution >= 4 is 34.9 Å². The number of hydrogen-bond donors (Lipinski definition) is 2. The molecule has 1 aliphatic rings. The van der Waals surface area contributed by atoms with Gasteiger partial charge in [-0.15, -0.1) is 0 Å². The van der Waals surface area contributed by atoms with Gasteiger partial charge in [0.25, 0.3) is 17.6 Å². The van der Waals surface area contributed by atoms with Crippen molar-refractivity contribution < 1.29 is 19.6 Å². The summed E-state index contributed by atoms with van der Waals surface area (Å²) in [4.78, 5) is 36.8. The van der Waals surface area contributed by atoms with Crippen LogP contribution in [0.3, 0.4) is 0 Å². The smallest absolute Gasteiger partial charge is 0.299 e. The summed E-state index contributed by atoms with van der Waals surface area (Å²) in [5.74, 6) is -1.82. The number of fused-ring (bicyclic) bond motifs is 1. The zero-order valence-electron chi connectivity index (χ0n) is 11.7. The number of carbonyl (C=O) groups is 3.